The van der Waals surface area contributed by atoms with Gasteiger partial charge in [-0.2, -0.15) is 0 Å². The van der Waals surface area contributed by atoms with E-state index in [0.29, 0.717) is 19.6 Å². The smallest absolute Gasteiger partial charge is 0.410 e. The van der Waals surface area contributed by atoms with E-state index < -0.39 is 11.6 Å². The van der Waals surface area contributed by atoms with Crippen LogP contribution in [0.3, 0.4) is 0 Å². The van der Waals surface area contributed by atoms with Gasteiger partial charge in [-0.25, -0.2) is 9.59 Å². The van der Waals surface area contributed by atoms with Gasteiger partial charge in [-0.3, -0.25) is 4.79 Å². The van der Waals surface area contributed by atoms with Crippen LogP contribution in [-0.2, 0) is 11.3 Å². The minimum Gasteiger partial charge on any atom is -0.478 e. The van der Waals surface area contributed by atoms with Crippen LogP contribution in [0.25, 0.3) is 0 Å². The Morgan fingerprint density at radius 3 is 2.67 bits per heavy atom. The first kappa shape index (κ1) is 19.2. The number of carbonyl (C=O) groups excluding carboxylic acids is 2. The van der Waals surface area contributed by atoms with Crippen LogP contribution in [0.15, 0.2) is 18.2 Å². The van der Waals surface area contributed by atoms with Gasteiger partial charge in [0.05, 0.1) is 17.2 Å². The fourth-order valence-electron chi connectivity index (χ4n) is 3.75. The van der Waals surface area contributed by atoms with Crippen LogP contribution in [0.4, 0.5) is 4.79 Å². The Morgan fingerprint density at radius 1 is 1.26 bits per heavy atom. The molecule has 0 radical (unpaired) electrons. The third kappa shape index (κ3) is 4.07. The molecule has 2 aliphatic rings. The molecule has 2 aliphatic heterocycles. The molecule has 1 atom stereocenters. The molecule has 1 fully saturated rings. The number of nitrogens with zero attached hydrogens (tertiary/aromatic N) is 2. The van der Waals surface area contributed by atoms with Gasteiger partial charge in [-0.15, -0.1) is 0 Å². The second-order valence-corrected chi connectivity index (χ2v) is 8.15. The number of ether oxygens (including phenoxy) is 1. The molecule has 1 saturated heterocycles. The van der Waals surface area contributed by atoms with E-state index in [1.165, 1.54) is 6.07 Å². The van der Waals surface area contributed by atoms with Crippen molar-refractivity contribution in [2.24, 2.45) is 0 Å². The zero-order valence-corrected chi connectivity index (χ0v) is 16.0. The monoisotopic (exact) mass is 374 g/mol. The predicted octanol–water partition coefficient (Wildman–Crippen LogP) is 3.13. The maximum atomic E-state index is 12.8. The molecule has 2 amide bonds. The van der Waals surface area contributed by atoms with Crippen LogP contribution in [0.5, 0.6) is 0 Å². The van der Waals surface area contributed by atoms with Gasteiger partial charge in [0, 0.05) is 19.6 Å². The molecular weight excluding hydrogens is 348 g/mol. The van der Waals surface area contributed by atoms with Crippen molar-refractivity contribution in [2.75, 3.05) is 13.1 Å². The molecule has 1 aromatic carbocycles. The number of piperidine rings is 1. The summed E-state index contributed by atoms with van der Waals surface area (Å²) in [6, 6.07) is 4.77. The average Bonchev–Trinajstić information content (AvgIpc) is 2.90. The second-order valence-electron chi connectivity index (χ2n) is 8.15. The molecule has 3 rings (SSSR count). The number of fused-ring (bicyclic) bond motifs is 1. The molecule has 0 saturated carbocycles. The minimum atomic E-state index is -1.10. The minimum absolute atomic E-state index is 0.0349. The summed E-state index contributed by atoms with van der Waals surface area (Å²) < 4.78 is 5.52. The Bertz CT molecular complexity index is 768. The van der Waals surface area contributed by atoms with Crippen LogP contribution in [0, 0.1) is 0 Å². The topological polar surface area (TPSA) is 87.2 Å². The first-order chi connectivity index (χ1) is 12.7. The fourth-order valence-corrected chi connectivity index (χ4v) is 3.75. The van der Waals surface area contributed by atoms with Crippen LogP contribution in [0.1, 0.15) is 66.3 Å². The first-order valence-electron chi connectivity index (χ1n) is 9.31. The molecule has 0 spiro atoms. The van der Waals surface area contributed by atoms with E-state index in [4.69, 9.17) is 4.74 Å². The first-order valence-corrected chi connectivity index (χ1v) is 9.31. The van der Waals surface area contributed by atoms with E-state index in [1.54, 1.807) is 21.9 Å². The summed E-state index contributed by atoms with van der Waals surface area (Å²) in [5.74, 6) is -1.38. The number of benzene rings is 1. The van der Waals surface area contributed by atoms with E-state index in [-0.39, 0.29) is 29.2 Å². The summed E-state index contributed by atoms with van der Waals surface area (Å²) in [5.41, 5.74) is 0.451. The van der Waals surface area contributed by atoms with Crippen LogP contribution >= 0.6 is 0 Å². The van der Waals surface area contributed by atoms with Crippen molar-refractivity contribution in [3.63, 3.8) is 0 Å². The standard InChI is InChI=1S/C20H26N2O5/c1-20(2,3)27-19(26)22-10-5-4-8-14(22)12-21-11-13-7-6-9-15(18(24)25)16(13)17(21)23/h6-7,9,14H,4-5,8,10-12H2,1-3H3,(H,24,25). The fraction of sp³-hybridized carbons (Fsp3) is 0.550. The lowest BCUT2D eigenvalue weighted by atomic mass is 10.0. The van der Waals surface area contributed by atoms with E-state index in [9.17, 15) is 19.5 Å². The van der Waals surface area contributed by atoms with Crippen molar-refractivity contribution in [3.8, 4) is 0 Å². The molecule has 2 heterocycles. The van der Waals surface area contributed by atoms with Crippen molar-refractivity contribution in [3.05, 3.63) is 34.9 Å². The highest BCUT2D eigenvalue weighted by Crippen LogP contribution is 2.29. The molecule has 7 heteroatoms. The normalized spacial score (nSPS) is 19.8. The second kappa shape index (κ2) is 7.21. The largest absolute Gasteiger partial charge is 0.478 e. The van der Waals surface area contributed by atoms with Crippen molar-refractivity contribution >= 4 is 18.0 Å². The van der Waals surface area contributed by atoms with Crippen molar-refractivity contribution in [1.82, 2.24) is 9.80 Å². The average molecular weight is 374 g/mol. The molecular formula is C20H26N2O5. The van der Waals surface area contributed by atoms with Gasteiger partial charge in [-0.1, -0.05) is 12.1 Å². The van der Waals surface area contributed by atoms with Gasteiger partial charge in [0.1, 0.15) is 5.60 Å². The molecule has 1 unspecified atom stereocenters. The van der Waals surface area contributed by atoms with E-state index in [2.05, 4.69) is 0 Å². The van der Waals surface area contributed by atoms with Crippen LogP contribution in [-0.4, -0.2) is 57.6 Å². The number of rotatable bonds is 3. The summed E-state index contributed by atoms with van der Waals surface area (Å²) in [5, 5.41) is 9.36. The molecule has 0 bridgehead atoms. The highest BCUT2D eigenvalue weighted by Gasteiger charge is 2.37. The number of aromatic carboxylic acids is 1. The Balaban J connectivity index is 1.76. The molecule has 1 N–H and O–H groups in total. The highest BCUT2D eigenvalue weighted by atomic mass is 16.6. The predicted molar refractivity (Wildman–Crippen MR) is 98.7 cm³/mol. The van der Waals surface area contributed by atoms with Crippen molar-refractivity contribution in [2.45, 2.75) is 58.2 Å². The number of carboxylic acid groups (broad SMARTS) is 1. The number of likely N-dealkylation sites (tertiary alicyclic amines) is 1. The summed E-state index contributed by atoms with van der Waals surface area (Å²) in [6.45, 7) is 6.85. The Morgan fingerprint density at radius 2 is 2.00 bits per heavy atom. The zero-order valence-electron chi connectivity index (χ0n) is 16.0. The number of carboxylic acids is 1. The maximum absolute atomic E-state index is 12.8. The molecule has 7 nitrogen and oxygen atoms in total. The Kier molecular flexibility index (Phi) is 5.13. The van der Waals surface area contributed by atoms with Gasteiger partial charge >= 0.3 is 12.1 Å². The van der Waals surface area contributed by atoms with Gasteiger partial charge < -0.3 is 19.6 Å². The molecule has 1 aromatic rings. The summed E-state index contributed by atoms with van der Waals surface area (Å²) in [4.78, 5) is 40.2. The summed E-state index contributed by atoms with van der Waals surface area (Å²) in [6.07, 6.45) is 2.33. The summed E-state index contributed by atoms with van der Waals surface area (Å²) >= 11 is 0. The van der Waals surface area contributed by atoms with Gasteiger partial charge in [0.15, 0.2) is 0 Å². The van der Waals surface area contributed by atoms with E-state index in [1.807, 2.05) is 20.8 Å². The number of amides is 2. The highest BCUT2D eigenvalue weighted by molar-refractivity contribution is 6.07. The molecule has 0 aromatic heterocycles. The molecule has 0 aliphatic carbocycles. The lowest BCUT2D eigenvalue weighted by Gasteiger charge is -2.38. The van der Waals surface area contributed by atoms with Gasteiger partial charge in [-0.05, 0) is 51.7 Å². The summed E-state index contributed by atoms with van der Waals surface area (Å²) in [7, 11) is 0. The third-order valence-electron chi connectivity index (χ3n) is 4.93. The number of hydrogen-bond acceptors (Lipinski definition) is 4. The number of hydrogen-bond donors (Lipinski definition) is 1. The molecule has 146 valence electrons. The third-order valence-corrected chi connectivity index (χ3v) is 4.93. The Labute approximate surface area is 158 Å². The van der Waals surface area contributed by atoms with Gasteiger partial charge in [0.2, 0.25) is 0 Å². The Hall–Kier alpha value is -2.57. The molecule has 27 heavy (non-hydrogen) atoms. The lowest BCUT2D eigenvalue weighted by molar-refractivity contribution is 0.00515. The van der Waals surface area contributed by atoms with Crippen molar-refractivity contribution in [1.29, 1.82) is 0 Å². The quantitative estimate of drug-likeness (QED) is 0.878. The van der Waals surface area contributed by atoms with E-state index >= 15 is 0 Å². The lowest BCUT2D eigenvalue weighted by Crippen LogP contribution is -2.51. The maximum Gasteiger partial charge on any atom is 0.410 e. The van der Waals surface area contributed by atoms with Crippen LogP contribution in [0.2, 0.25) is 0 Å². The SMILES string of the molecule is CC(C)(C)OC(=O)N1CCCCC1CN1Cc2cccc(C(=O)O)c2C1=O. The zero-order chi connectivity index (χ0) is 19.8. The number of carbonyl (C=O) groups is 3. The van der Waals surface area contributed by atoms with E-state index in [0.717, 1.165) is 24.8 Å². The van der Waals surface area contributed by atoms with Crippen molar-refractivity contribution < 1.29 is 24.2 Å². The van der Waals surface area contributed by atoms with Gasteiger partial charge in [0.25, 0.3) is 5.91 Å². The van der Waals surface area contributed by atoms with Crippen LogP contribution < -0.4 is 0 Å².